The van der Waals surface area contributed by atoms with Gasteiger partial charge in [0.2, 0.25) is 0 Å². The average Bonchev–Trinajstić information content (AvgIpc) is 3.25. The van der Waals surface area contributed by atoms with Crippen molar-refractivity contribution in [3.63, 3.8) is 0 Å². The predicted octanol–water partition coefficient (Wildman–Crippen LogP) is 3.42. The Labute approximate surface area is 151 Å². The van der Waals surface area contributed by atoms with E-state index in [0.717, 1.165) is 11.1 Å². The smallest absolute Gasteiger partial charge is 0.139 e. The maximum Gasteiger partial charge on any atom is 0.139 e. The molecule has 3 atom stereocenters. The third-order valence-corrected chi connectivity index (χ3v) is 5.15. The fourth-order valence-corrected chi connectivity index (χ4v) is 3.79. The van der Waals surface area contributed by atoms with E-state index < -0.39 is 31.3 Å². The summed E-state index contributed by atoms with van der Waals surface area (Å²) in [5.74, 6) is 0. The molecule has 0 amide bonds. The van der Waals surface area contributed by atoms with E-state index in [0.29, 0.717) is 24.3 Å². The van der Waals surface area contributed by atoms with Gasteiger partial charge in [0.1, 0.15) is 25.8 Å². The summed E-state index contributed by atoms with van der Waals surface area (Å²) in [5, 5.41) is 10.0. The van der Waals surface area contributed by atoms with Crippen molar-refractivity contribution in [2.75, 3.05) is 19.8 Å². The molecule has 2 saturated heterocycles. The number of alkyl halides is 2. The predicted molar refractivity (Wildman–Crippen MR) is 91.5 cm³/mol. The van der Waals surface area contributed by atoms with Gasteiger partial charge in [0.05, 0.1) is 25.4 Å². The minimum atomic E-state index is -0.660. The fourth-order valence-electron chi connectivity index (χ4n) is 3.79. The minimum absolute atomic E-state index is 0.119. The SMILES string of the molecule is OCC12COC(c3cccc(CF)c3)N1[C@H](c1cccc(CF)c1)OC2. The van der Waals surface area contributed by atoms with Gasteiger partial charge in [-0.1, -0.05) is 36.4 Å². The second kappa shape index (κ2) is 7.04. The summed E-state index contributed by atoms with van der Waals surface area (Å²) in [4.78, 5) is 1.99. The first-order chi connectivity index (χ1) is 12.7. The number of rotatable bonds is 5. The third-order valence-electron chi connectivity index (χ3n) is 5.15. The molecule has 4 rings (SSSR count). The number of fused-ring (bicyclic) bond motifs is 1. The van der Waals surface area contributed by atoms with E-state index in [4.69, 9.17) is 9.47 Å². The normalized spacial score (nSPS) is 28.4. The van der Waals surface area contributed by atoms with Gasteiger partial charge in [-0.25, -0.2) is 13.7 Å². The first kappa shape index (κ1) is 17.5. The molecule has 2 aliphatic heterocycles. The van der Waals surface area contributed by atoms with E-state index >= 15 is 0 Å². The van der Waals surface area contributed by atoms with Gasteiger partial charge in [-0.3, -0.25) is 0 Å². The van der Waals surface area contributed by atoms with Crippen LogP contribution in [0.5, 0.6) is 0 Å². The Morgan fingerprint density at radius 2 is 1.42 bits per heavy atom. The highest BCUT2D eigenvalue weighted by Crippen LogP contribution is 2.48. The summed E-state index contributed by atoms with van der Waals surface area (Å²) < 4.78 is 38.1. The van der Waals surface area contributed by atoms with Gasteiger partial charge >= 0.3 is 0 Å². The van der Waals surface area contributed by atoms with Gasteiger partial charge in [-0.05, 0) is 34.4 Å². The topological polar surface area (TPSA) is 41.9 Å². The second-order valence-corrected chi connectivity index (χ2v) is 6.87. The molecule has 0 spiro atoms. The zero-order chi connectivity index (χ0) is 18.1. The van der Waals surface area contributed by atoms with Crippen LogP contribution in [0.3, 0.4) is 0 Å². The number of aliphatic hydroxyl groups excluding tert-OH is 1. The summed E-state index contributed by atoms with van der Waals surface area (Å²) in [6.07, 6.45) is -0.926. The lowest BCUT2D eigenvalue weighted by atomic mass is 10.00. The van der Waals surface area contributed by atoms with E-state index in [9.17, 15) is 13.9 Å². The molecule has 2 aromatic carbocycles. The van der Waals surface area contributed by atoms with Crippen LogP contribution >= 0.6 is 0 Å². The highest BCUT2D eigenvalue weighted by Gasteiger charge is 2.56. The zero-order valence-electron chi connectivity index (χ0n) is 14.3. The molecule has 2 aliphatic rings. The van der Waals surface area contributed by atoms with Gasteiger partial charge in [0, 0.05) is 0 Å². The minimum Gasteiger partial charge on any atom is -0.394 e. The number of benzene rings is 2. The summed E-state index contributed by atoms with van der Waals surface area (Å²) in [6, 6.07) is 14.3. The van der Waals surface area contributed by atoms with Crippen LogP contribution in [-0.4, -0.2) is 35.4 Å². The van der Waals surface area contributed by atoms with E-state index in [1.807, 2.05) is 17.0 Å². The zero-order valence-corrected chi connectivity index (χ0v) is 14.3. The van der Waals surface area contributed by atoms with Crippen LogP contribution in [-0.2, 0) is 22.8 Å². The van der Waals surface area contributed by atoms with Crippen LogP contribution in [0.25, 0.3) is 0 Å². The lowest BCUT2D eigenvalue weighted by Gasteiger charge is -2.33. The molecule has 26 heavy (non-hydrogen) atoms. The molecule has 2 heterocycles. The Hall–Kier alpha value is -1.86. The largest absolute Gasteiger partial charge is 0.394 e. The maximum atomic E-state index is 13.1. The standard InChI is InChI=1S/C20H21F2NO3/c21-9-14-3-1-5-16(7-14)18-23-19(17-6-2-4-15(8-17)10-22)26-13-20(23,11-24)12-25-18/h1-8,18-19,24H,9-13H2/t18-,19?,20?/m0/s1. The molecular weight excluding hydrogens is 340 g/mol. The van der Waals surface area contributed by atoms with Crippen molar-refractivity contribution in [3.8, 4) is 0 Å². The lowest BCUT2D eigenvalue weighted by Crippen LogP contribution is -2.47. The molecule has 0 aliphatic carbocycles. The van der Waals surface area contributed by atoms with Crippen molar-refractivity contribution in [1.29, 1.82) is 0 Å². The van der Waals surface area contributed by atoms with E-state index in [1.165, 1.54) is 0 Å². The van der Waals surface area contributed by atoms with Crippen LogP contribution in [0.15, 0.2) is 48.5 Å². The van der Waals surface area contributed by atoms with Gasteiger partial charge in [-0.15, -0.1) is 0 Å². The molecule has 4 nitrogen and oxygen atoms in total. The summed E-state index contributed by atoms with van der Waals surface area (Å²) in [7, 11) is 0. The van der Waals surface area contributed by atoms with Crippen molar-refractivity contribution >= 4 is 0 Å². The Bertz CT molecular complexity index is 726. The van der Waals surface area contributed by atoms with Gasteiger partial charge < -0.3 is 14.6 Å². The van der Waals surface area contributed by atoms with Crippen molar-refractivity contribution in [2.24, 2.45) is 0 Å². The molecule has 1 N–H and O–H groups in total. The molecule has 2 unspecified atom stereocenters. The van der Waals surface area contributed by atoms with Crippen molar-refractivity contribution in [3.05, 3.63) is 70.8 Å². The van der Waals surface area contributed by atoms with Crippen LogP contribution in [0.4, 0.5) is 8.78 Å². The van der Waals surface area contributed by atoms with E-state index in [2.05, 4.69) is 0 Å². The Kier molecular flexibility index (Phi) is 4.75. The van der Waals surface area contributed by atoms with Crippen LogP contribution < -0.4 is 0 Å². The van der Waals surface area contributed by atoms with Crippen molar-refractivity contribution < 1.29 is 23.4 Å². The summed E-state index contributed by atoms with van der Waals surface area (Å²) in [5.41, 5.74) is 2.11. The molecule has 2 fully saturated rings. The first-order valence-corrected chi connectivity index (χ1v) is 8.63. The molecule has 2 aromatic rings. The maximum absolute atomic E-state index is 13.1. The van der Waals surface area contributed by atoms with Crippen LogP contribution in [0.1, 0.15) is 34.7 Å². The number of aliphatic hydroxyl groups is 1. The molecular formula is C20H21F2NO3. The lowest BCUT2D eigenvalue weighted by molar-refractivity contribution is -0.0631. The van der Waals surface area contributed by atoms with Crippen molar-refractivity contribution in [2.45, 2.75) is 31.3 Å². The molecule has 0 bridgehead atoms. The number of halogens is 2. The Morgan fingerprint density at radius 1 is 0.923 bits per heavy atom. The van der Waals surface area contributed by atoms with Gasteiger partial charge in [-0.2, -0.15) is 0 Å². The van der Waals surface area contributed by atoms with Gasteiger partial charge in [0.25, 0.3) is 0 Å². The highest BCUT2D eigenvalue weighted by atomic mass is 19.1. The Morgan fingerprint density at radius 3 is 1.85 bits per heavy atom. The summed E-state index contributed by atoms with van der Waals surface area (Å²) >= 11 is 0. The number of nitrogens with zero attached hydrogens (tertiary/aromatic N) is 1. The average molecular weight is 361 g/mol. The van der Waals surface area contributed by atoms with Gasteiger partial charge in [0.15, 0.2) is 0 Å². The Balaban J connectivity index is 1.73. The first-order valence-electron chi connectivity index (χ1n) is 8.63. The third kappa shape index (κ3) is 2.83. The molecule has 0 radical (unpaired) electrons. The van der Waals surface area contributed by atoms with Crippen LogP contribution in [0, 0.1) is 0 Å². The molecule has 0 saturated carbocycles. The number of hydrogen-bond donors (Lipinski definition) is 1. The molecule has 6 heteroatoms. The second-order valence-electron chi connectivity index (χ2n) is 6.87. The number of ether oxygens (including phenoxy) is 2. The van der Waals surface area contributed by atoms with E-state index in [1.54, 1.807) is 36.4 Å². The van der Waals surface area contributed by atoms with Crippen molar-refractivity contribution in [1.82, 2.24) is 4.90 Å². The molecule has 0 aromatic heterocycles. The van der Waals surface area contributed by atoms with Crippen LogP contribution in [0.2, 0.25) is 0 Å². The monoisotopic (exact) mass is 361 g/mol. The quantitative estimate of drug-likeness (QED) is 0.886. The van der Waals surface area contributed by atoms with E-state index in [-0.39, 0.29) is 6.61 Å². The number of hydrogen-bond acceptors (Lipinski definition) is 4. The highest BCUT2D eigenvalue weighted by molar-refractivity contribution is 5.30. The summed E-state index contributed by atoms with van der Waals surface area (Å²) in [6.45, 7) is -0.597. The fraction of sp³-hybridized carbons (Fsp3) is 0.400. The molecule has 138 valence electrons.